The first-order chi connectivity index (χ1) is 11.0. The van der Waals surface area contributed by atoms with E-state index in [1.165, 1.54) is 31.4 Å². The number of ketones is 1. The van der Waals surface area contributed by atoms with Gasteiger partial charge in [-0.3, -0.25) is 9.59 Å². The summed E-state index contributed by atoms with van der Waals surface area (Å²) in [6, 6.07) is 7.28. The fraction of sp³-hybridized carbons (Fsp3) is 0.0588. The average Bonchev–Trinajstić information content (AvgIpc) is 2.82. The average molecular weight is 315 g/mol. The number of methoxy groups -OCH3 is 1. The molecule has 1 heterocycles. The van der Waals surface area contributed by atoms with Gasteiger partial charge < -0.3 is 10.1 Å². The number of benzene rings is 2. The Labute approximate surface area is 130 Å². The van der Waals surface area contributed by atoms with Crippen LogP contribution in [-0.4, -0.2) is 18.8 Å². The zero-order valence-corrected chi connectivity index (χ0v) is 12.0. The molecule has 2 aromatic rings. The second-order valence-electron chi connectivity index (χ2n) is 4.91. The van der Waals surface area contributed by atoms with Crippen molar-refractivity contribution in [3.63, 3.8) is 0 Å². The fourth-order valence-electron chi connectivity index (χ4n) is 2.38. The van der Waals surface area contributed by atoms with Crippen LogP contribution in [0.4, 0.5) is 14.5 Å². The summed E-state index contributed by atoms with van der Waals surface area (Å²) in [6.07, 6.45) is 1.09. The molecule has 23 heavy (non-hydrogen) atoms. The van der Waals surface area contributed by atoms with Crippen LogP contribution in [0.5, 0.6) is 5.75 Å². The molecule has 0 fully saturated rings. The Hall–Kier alpha value is -3.02. The van der Waals surface area contributed by atoms with E-state index in [0.717, 1.165) is 18.2 Å². The predicted molar refractivity (Wildman–Crippen MR) is 80.3 cm³/mol. The van der Waals surface area contributed by atoms with Crippen LogP contribution in [0.2, 0.25) is 0 Å². The van der Waals surface area contributed by atoms with Crippen LogP contribution in [0.3, 0.4) is 0 Å². The molecule has 1 N–H and O–H groups in total. The van der Waals surface area contributed by atoms with Crippen molar-refractivity contribution < 1.29 is 23.1 Å². The minimum Gasteiger partial charge on any atom is -0.496 e. The van der Waals surface area contributed by atoms with Crippen LogP contribution in [0.1, 0.15) is 15.9 Å². The molecule has 0 unspecified atom stereocenters. The third-order valence-electron chi connectivity index (χ3n) is 3.47. The fourth-order valence-corrected chi connectivity index (χ4v) is 2.38. The van der Waals surface area contributed by atoms with Crippen molar-refractivity contribution >= 4 is 23.0 Å². The van der Waals surface area contributed by atoms with E-state index in [2.05, 4.69) is 5.32 Å². The highest BCUT2D eigenvalue weighted by Crippen LogP contribution is 2.33. The van der Waals surface area contributed by atoms with E-state index in [-0.39, 0.29) is 16.9 Å². The molecule has 1 aliphatic rings. The van der Waals surface area contributed by atoms with Crippen molar-refractivity contribution in [2.24, 2.45) is 0 Å². The number of amides is 1. The first-order valence-electron chi connectivity index (χ1n) is 6.70. The maximum absolute atomic E-state index is 13.4. The van der Waals surface area contributed by atoms with Crippen molar-refractivity contribution in [1.82, 2.24) is 0 Å². The second kappa shape index (κ2) is 5.64. The molecule has 6 heteroatoms. The Kier molecular flexibility index (Phi) is 3.65. The largest absolute Gasteiger partial charge is 0.496 e. The lowest BCUT2D eigenvalue weighted by Gasteiger charge is -2.06. The number of ether oxygens (including phenoxy) is 1. The van der Waals surface area contributed by atoms with Gasteiger partial charge in [0.1, 0.15) is 17.4 Å². The van der Waals surface area contributed by atoms with E-state index < -0.39 is 23.3 Å². The maximum atomic E-state index is 13.4. The van der Waals surface area contributed by atoms with Crippen molar-refractivity contribution in [1.29, 1.82) is 0 Å². The zero-order valence-electron chi connectivity index (χ0n) is 12.0. The predicted octanol–water partition coefficient (Wildman–Crippen LogP) is 3.19. The van der Waals surface area contributed by atoms with Gasteiger partial charge in [-0.2, -0.15) is 0 Å². The van der Waals surface area contributed by atoms with Crippen molar-refractivity contribution in [3.05, 3.63) is 65.2 Å². The number of carbonyl (C=O) groups excluding carboxylic acids is 2. The standard InChI is InChI=1S/C17H11F2NO3/c1-23-16-7-10(19)2-4-11(16)15(21)8-13-12-6-9(18)3-5-14(12)20-17(13)22/h2-8H,1H3,(H,20,22). The highest BCUT2D eigenvalue weighted by atomic mass is 19.1. The van der Waals surface area contributed by atoms with E-state index in [4.69, 9.17) is 4.74 Å². The number of anilines is 1. The number of rotatable bonds is 3. The smallest absolute Gasteiger partial charge is 0.256 e. The number of nitrogens with one attached hydrogen (secondary N) is 1. The third-order valence-corrected chi connectivity index (χ3v) is 3.47. The maximum Gasteiger partial charge on any atom is 0.256 e. The van der Waals surface area contributed by atoms with Gasteiger partial charge in [0.25, 0.3) is 5.91 Å². The quantitative estimate of drug-likeness (QED) is 0.699. The molecule has 116 valence electrons. The number of hydrogen-bond donors (Lipinski definition) is 1. The number of hydrogen-bond acceptors (Lipinski definition) is 3. The van der Waals surface area contributed by atoms with Crippen molar-refractivity contribution in [2.45, 2.75) is 0 Å². The summed E-state index contributed by atoms with van der Waals surface area (Å²) in [4.78, 5) is 24.4. The molecule has 3 rings (SSSR count). The summed E-state index contributed by atoms with van der Waals surface area (Å²) in [5, 5.41) is 2.55. The molecule has 0 radical (unpaired) electrons. The summed E-state index contributed by atoms with van der Waals surface area (Å²) < 4.78 is 31.5. The van der Waals surface area contributed by atoms with E-state index >= 15 is 0 Å². The zero-order chi connectivity index (χ0) is 16.6. The van der Waals surface area contributed by atoms with Gasteiger partial charge in [0.05, 0.1) is 18.2 Å². The minimum absolute atomic E-state index is 0.0517. The lowest BCUT2D eigenvalue weighted by Crippen LogP contribution is -2.06. The van der Waals surface area contributed by atoms with Crippen LogP contribution in [0.15, 0.2) is 42.5 Å². The van der Waals surface area contributed by atoms with Gasteiger partial charge >= 0.3 is 0 Å². The topological polar surface area (TPSA) is 55.4 Å². The highest BCUT2D eigenvalue weighted by molar-refractivity contribution is 6.35. The molecule has 0 aliphatic carbocycles. The Morgan fingerprint density at radius 2 is 1.83 bits per heavy atom. The summed E-state index contributed by atoms with van der Waals surface area (Å²) in [6.45, 7) is 0. The summed E-state index contributed by atoms with van der Waals surface area (Å²) in [7, 11) is 1.31. The molecule has 0 spiro atoms. The van der Waals surface area contributed by atoms with Gasteiger partial charge in [-0.05, 0) is 36.4 Å². The first-order valence-corrected chi connectivity index (χ1v) is 6.70. The molecule has 4 nitrogen and oxygen atoms in total. The van der Waals surface area contributed by atoms with E-state index in [1.807, 2.05) is 0 Å². The molecule has 2 aromatic carbocycles. The van der Waals surface area contributed by atoms with Gasteiger partial charge in [0.15, 0.2) is 5.78 Å². The van der Waals surface area contributed by atoms with Gasteiger partial charge in [0, 0.05) is 17.3 Å². The summed E-state index contributed by atoms with van der Waals surface area (Å²) in [5.74, 6) is -2.04. The molecule has 1 amide bonds. The summed E-state index contributed by atoms with van der Waals surface area (Å²) >= 11 is 0. The second-order valence-corrected chi connectivity index (χ2v) is 4.91. The van der Waals surface area contributed by atoms with Crippen molar-refractivity contribution in [2.75, 3.05) is 12.4 Å². The molecule has 0 saturated carbocycles. The molecule has 0 saturated heterocycles. The van der Waals surface area contributed by atoms with Crippen LogP contribution >= 0.6 is 0 Å². The minimum atomic E-state index is -0.544. The Morgan fingerprint density at radius 1 is 1.13 bits per heavy atom. The number of carbonyl (C=O) groups is 2. The molecular formula is C17H11F2NO3. The Bertz CT molecular complexity index is 859. The van der Waals surface area contributed by atoms with Crippen LogP contribution < -0.4 is 10.1 Å². The molecule has 0 aromatic heterocycles. The van der Waals surface area contributed by atoms with Gasteiger partial charge in [-0.15, -0.1) is 0 Å². The summed E-state index contributed by atoms with van der Waals surface area (Å²) in [5.41, 5.74) is 0.904. The van der Waals surface area contributed by atoms with Gasteiger partial charge in [-0.25, -0.2) is 8.78 Å². The van der Waals surface area contributed by atoms with Crippen LogP contribution in [0.25, 0.3) is 5.57 Å². The number of allylic oxidation sites excluding steroid dienone is 1. The van der Waals surface area contributed by atoms with Gasteiger partial charge in [0.2, 0.25) is 0 Å². The van der Waals surface area contributed by atoms with E-state index in [9.17, 15) is 18.4 Å². The molecular weight excluding hydrogens is 304 g/mol. The van der Waals surface area contributed by atoms with Crippen LogP contribution in [-0.2, 0) is 4.79 Å². The first kappa shape index (κ1) is 14.9. The molecule has 0 atom stereocenters. The number of fused-ring (bicyclic) bond motifs is 1. The Balaban J connectivity index is 2.04. The van der Waals surface area contributed by atoms with E-state index in [0.29, 0.717) is 11.3 Å². The third kappa shape index (κ3) is 2.70. The molecule has 0 bridgehead atoms. The monoisotopic (exact) mass is 315 g/mol. The highest BCUT2D eigenvalue weighted by Gasteiger charge is 2.26. The number of halogens is 2. The van der Waals surface area contributed by atoms with Crippen molar-refractivity contribution in [3.8, 4) is 5.75 Å². The SMILES string of the molecule is COc1cc(F)ccc1C(=O)C=C1C(=O)Nc2ccc(F)cc21. The lowest BCUT2D eigenvalue weighted by atomic mass is 10.0. The van der Waals surface area contributed by atoms with Gasteiger partial charge in [-0.1, -0.05) is 0 Å². The van der Waals surface area contributed by atoms with E-state index in [1.54, 1.807) is 0 Å². The van der Waals surface area contributed by atoms with Crippen LogP contribution in [0, 0.1) is 11.6 Å². The lowest BCUT2D eigenvalue weighted by molar-refractivity contribution is -0.110. The normalized spacial score (nSPS) is 14.6. The molecule has 1 aliphatic heterocycles. The Morgan fingerprint density at radius 3 is 2.57 bits per heavy atom.